The van der Waals surface area contributed by atoms with E-state index in [1.807, 2.05) is 31.2 Å². The molecular weight excluding hydrogens is 316 g/mol. The Hall–Kier alpha value is -2.43. The molecule has 1 fully saturated rings. The first-order valence-electron chi connectivity index (χ1n) is 8.86. The maximum absolute atomic E-state index is 12.7. The standard InChI is InChI=1S/C20H24N2O3/c1-13(25-14(2)23)15-7-9-16(10-8-15)22-20(24)18-11-12-21-19-6-4-3-5-17(18)19/h3-6,11-13,15-16H,7-10H2,1-2H3,(H,22,24). The number of aromatic nitrogens is 1. The van der Waals surface area contributed by atoms with Crippen LogP contribution < -0.4 is 5.32 Å². The number of hydrogen-bond acceptors (Lipinski definition) is 4. The molecule has 1 amide bonds. The van der Waals surface area contributed by atoms with Crippen LogP contribution in [0.2, 0.25) is 0 Å². The summed E-state index contributed by atoms with van der Waals surface area (Å²) in [7, 11) is 0. The van der Waals surface area contributed by atoms with Gasteiger partial charge in [0.15, 0.2) is 0 Å². The van der Waals surface area contributed by atoms with E-state index in [0.717, 1.165) is 36.6 Å². The van der Waals surface area contributed by atoms with Crippen molar-refractivity contribution >= 4 is 22.8 Å². The first-order chi connectivity index (χ1) is 12.0. The van der Waals surface area contributed by atoms with E-state index >= 15 is 0 Å². The van der Waals surface area contributed by atoms with Crippen LogP contribution in [0.25, 0.3) is 10.9 Å². The molecule has 1 unspecified atom stereocenters. The number of carbonyl (C=O) groups excluding carboxylic acids is 2. The molecule has 0 saturated heterocycles. The number of amides is 1. The van der Waals surface area contributed by atoms with E-state index in [4.69, 9.17) is 4.74 Å². The maximum atomic E-state index is 12.7. The SMILES string of the molecule is CC(=O)OC(C)C1CCC(NC(=O)c2ccnc3ccccc23)CC1. The van der Waals surface area contributed by atoms with Crippen LogP contribution in [-0.4, -0.2) is 29.0 Å². The largest absolute Gasteiger partial charge is 0.463 e. The Morgan fingerprint density at radius 2 is 1.88 bits per heavy atom. The number of rotatable bonds is 4. The van der Waals surface area contributed by atoms with Gasteiger partial charge in [-0.3, -0.25) is 14.6 Å². The van der Waals surface area contributed by atoms with Crippen LogP contribution in [-0.2, 0) is 9.53 Å². The van der Waals surface area contributed by atoms with E-state index < -0.39 is 0 Å². The summed E-state index contributed by atoms with van der Waals surface area (Å²) in [6.07, 6.45) is 5.34. The minimum absolute atomic E-state index is 0.0462. The number of fused-ring (bicyclic) bond motifs is 1. The average molecular weight is 340 g/mol. The van der Waals surface area contributed by atoms with Crippen LogP contribution in [0, 0.1) is 5.92 Å². The molecule has 3 rings (SSSR count). The molecule has 5 nitrogen and oxygen atoms in total. The van der Waals surface area contributed by atoms with Crippen molar-refractivity contribution in [2.45, 2.75) is 51.7 Å². The number of nitrogens with one attached hydrogen (secondary N) is 1. The van der Waals surface area contributed by atoms with Crippen LogP contribution in [0.4, 0.5) is 0 Å². The van der Waals surface area contributed by atoms with Gasteiger partial charge >= 0.3 is 5.97 Å². The predicted octanol–water partition coefficient (Wildman–Crippen LogP) is 3.48. The van der Waals surface area contributed by atoms with Gasteiger partial charge in [-0.05, 0) is 50.7 Å². The fourth-order valence-electron chi connectivity index (χ4n) is 3.65. The fourth-order valence-corrected chi connectivity index (χ4v) is 3.65. The van der Waals surface area contributed by atoms with E-state index in [0.29, 0.717) is 11.5 Å². The minimum atomic E-state index is -0.229. The maximum Gasteiger partial charge on any atom is 0.302 e. The van der Waals surface area contributed by atoms with Crippen molar-refractivity contribution in [1.82, 2.24) is 10.3 Å². The zero-order valence-corrected chi connectivity index (χ0v) is 14.7. The molecule has 5 heteroatoms. The molecule has 1 N–H and O–H groups in total. The molecule has 25 heavy (non-hydrogen) atoms. The highest BCUT2D eigenvalue weighted by Crippen LogP contribution is 2.29. The Kier molecular flexibility index (Phi) is 5.31. The molecule has 0 radical (unpaired) electrons. The Bertz CT molecular complexity index is 761. The monoisotopic (exact) mass is 340 g/mol. The normalized spacial score (nSPS) is 21.5. The summed E-state index contributed by atoms with van der Waals surface area (Å²) in [5, 5.41) is 4.03. The highest BCUT2D eigenvalue weighted by molar-refractivity contribution is 6.06. The number of esters is 1. The van der Waals surface area contributed by atoms with Gasteiger partial charge < -0.3 is 10.1 Å². The first kappa shape index (κ1) is 17.4. The highest BCUT2D eigenvalue weighted by atomic mass is 16.5. The second kappa shape index (κ2) is 7.64. The number of para-hydroxylation sites is 1. The lowest BCUT2D eigenvalue weighted by molar-refractivity contribution is -0.148. The number of benzene rings is 1. The van der Waals surface area contributed by atoms with Crippen LogP contribution in [0.15, 0.2) is 36.5 Å². The lowest BCUT2D eigenvalue weighted by atomic mass is 9.83. The summed E-state index contributed by atoms with van der Waals surface area (Å²) in [5.74, 6) is 0.0985. The lowest BCUT2D eigenvalue weighted by Gasteiger charge is -2.32. The molecule has 1 heterocycles. The molecule has 0 spiro atoms. The number of hydrogen-bond donors (Lipinski definition) is 1. The lowest BCUT2D eigenvalue weighted by Crippen LogP contribution is -2.39. The number of pyridine rings is 1. The van der Waals surface area contributed by atoms with Crippen LogP contribution in [0.5, 0.6) is 0 Å². The molecule has 1 aliphatic rings. The smallest absolute Gasteiger partial charge is 0.302 e. The van der Waals surface area contributed by atoms with Crippen LogP contribution in [0.1, 0.15) is 49.9 Å². The van der Waals surface area contributed by atoms with Crippen LogP contribution in [0.3, 0.4) is 0 Å². The molecule has 2 aromatic rings. The van der Waals surface area contributed by atoms with Gasteiger partial charge in [-0.15, -0.1) is 0 Å². The third-order valence-electron chi connectivity index (χ3n) is 5.02. The molecule has 0 bridgehead atoms. The number of ether oxygens (including phenoxy) is 1. The van der Waals surface area contributed by atoms with Crippen LogP contribution >= 0.6 is 0 Å². The van der Waals surface area contributed by atoms with Crippen molar-refractivity contribution in [3.05, 3.63) is 42.1 Å². The van der Waals surface area contributed by atoms with Gasteiger partial charge in [0, 0.05) is 24.5 Å². The Balaban J connectivity index is 1.60. The van der Waals surface area contributed by atoms with Gasteiger partial charge in [-0.1, -0.05) is 18.2 Å². The second-order valence-electron chi connectivity index (χ2n) is 6.78. The van der Waals surface area contributed by atoms with E-state index in [1.54, 1.807) is 12.3 Å². The van der Waals surface area contributed by atoms with Gasteiger partial charge in [0.1, 0.15) is 6.10 Å². The molecule has 1 atom stereocenters. The predicted molar refractivity (Wildman–Crippen MR) is 96.2 cm³/mol. The zero-order chi connectivity index (χ0) is 17.8. The third-order valence-corrected chi connectivity index (χ3v) is 5.02. The van der Waals surface area contributed by atoms with E-state index in [-0.39, 0.29) is 24.0 Å². The number of carbonyl (C=O) groups is 2. The van der Waals surface area contributed by atoms with Gasteiger partial charge in [0.25, 0.3) is 5.91 Å². The van der Waals surface area contributed by atoms with Gasteiger partial charge in [0.05, 0.1) is 11.1 Å². The van der Waals surface area contributed by atoms with Crippen molar-refractivity contribution in [2.24, 2.45) is 5.92 Å². The molecule has 0 aliphatic heterocycles. The second-order valence-corrected chi connectivity index (χ2v) is 6.78. The quantitative estimate of drug-likeness (QED) is 0.865. The average Bonchev–Trinajstić information content (AvgIpc) is 2.61. The van der Waals surface area contributed by atoms with E-state index in [2.05, 4.69) is 10.3 Å². The van der Waals surface area contributed by atoms with Crippen molar-refractivity contribution in [1.29, 1.82) is 0 Å². The topological polar surface area (TPSA) is 68.3 Å². The fraction of sp³-hybridized carbons (Fsp3) is 0.450. The Morgan fingerprint density at radius 1 is 1.16 bits per heavy atom. The summed E-state index contributed by atoms with van der Waals surface area (Å²) in [6, 6.07) is 9.61. The van der Waals surface area contributed by atoms with Crippen molar-refractivity contribution in [2.75, 3.05) is 0 Å². The molecular formula is C20H24N2O3. The molecule has 132 valence electrons. The molecule has 1 saturated carbocycles. The third kappa shape index (κ3) is 4.16. The molecule has 1 aliphatic carbocycles. The van der Waals surface area contributed by atoms with Gasteiger partial charge in [-0.2, -0.15) is 0 Å². The summed E-state index contributed by atoms with van der Waals surface area (Å²) < 4.78 is 5.29. The van der Waals surface area contributed by atoms with Crippen molar-refractivity contribution in [3.63, 3.8) is 0 Å². The summed E-state index contributed by atoms with van der Waals surface area (Å²) in [4.78, 5) is 28.1. The molecule has 1 aromatic heterocycles. The number of nitrogens with zero attached hydrogens (tertiary/aromatic N) is 1. The van der Waals surface area contributed by atoms with E-state index in [9.17, 15) is 9.59 Å². The summed E-state index contributed by atoms with van der Waals surface area (Å²) in [5.41, 5.74) is 1.50. The first-order valence-corrected chi connectivity index (χ1v) is 8.86. The minimum Gasteiger partial charge on any atom is -0.463 e. The van der Waals surface area contributed by atoms with Crippen molar-refractivity contribution in [3.8, 4) is 0 Å². The molecule has 1 aromatic carbocycles. The van der Waals surface area contributed by atoms with Gasteiger partial charge in [0.2, 0.25) is 0 Å². The van der Waals surface area contributed by atoms with Crippen molar-refractivity contribution < 1.29 is 14.3 Å². The zero-order valence-electron chi connectivity index (χ0n) is 14.7. The summed E-state index contributed by atoms with van der Waals surface area (Å²) >= 11 is 0. The Labute approximate surface area is 147 Å². The highest BCUT2D eigenvalue weighted by Gasteiger charge is 2.28. The van der Waals surface area contributed by atoms with Gasteiger partial charge in [-0.25, -0.2) is 0 Å². The van der Waals surface area contributed by atoms with E-state index in [1.165, 1.54) is 6.92 Å². The summed E-state index contributed by atoms with van der Waals surface area (Å²) in [6.45, 7) is 3.40. The Morgan fingerprint density at radius 3 is 2.60 bits per heavy atom.